The standard InChI is InChI=1S/C16H17F3N2O3/c1-23-14(22)21-7-5-15(6-8-21)10-13(20-24-15)11-3-2-4-12(9-11)16(17,18)19/h2-4,9H,5-8,10H2,1H3. The van der Waals surface area contributed by atoms with Crippen molar-refractivity contribution in [3.63, 3.8) is 0 Å². The average Bonchev–Trinajstić information content (AvgIpc) is 2.98. The highest BCUT2D eigenvalue weighted by atomic mass is 19.4. The first-order valence-electron chi connectivity index (χ1n) is 7.59. The molecule has 8 heteroatoms. The molecule has 0 radical (unpaired) electrons. The molecule has 0 atom stereocenters. The third-order valence-electron chi connectivity index (χ3n) is 4.47. The summed E-state index contributed by atoms with van der Waals surface area (Å²) in [6.45, 7) is 0.941. The van der Waals surface area contributed by atoms with Crippen LogP contribution >= 0.6 is 0 Å². The third kappa shape index (κ3) is 3.18. The lowest BCUT2D eigenvalue weighted by molar-refractivity contribution is -0.137. The summed E-state index contributed by atoms with van der Waals surface area (Å²) in [5, 5.41) is 4.01. The number of likely N-dealkylation sites (tertiary alicyclic amines) is 1. The number of piperidine rings is 1. The lowest BCUT2D eigenvalue weighted by Gasteiger charge is -2.36. The van der Waals surface area contributed by atoms with Gasteiger partial charge in [0.05, 0.1) is 18.4 Å². The molecule has 130 valence electrons. The first-order valence-corrected chi connectivity index (χ1v) is 7.59. The molecule has 1 saturated heterocycles. The van der Waals surface area contributed by atoms with E-state index in [0.717, 1.165) is 12.1 Å². The second kappa shape index (κ2) is 5.99. The van der Waals surface area contributed by atoms with Gasteiger partial charge in [0.2, 0.25) is 0 Å². The number of oxime groups is 1. The first kappa shape index (κ1) is 16.6. The minimum Gasteiger partial charge on any atom is -0.453 e. The summed E-state index contributed by atoms with van der Waals surface area (Å²) >= 11 is 0. The number of rotatable bonds is 1. The smallest absolute Gasteiger partial charge is 0.416 e. The van der Waals surface area contributed by atoms with Crippen LogP contribution in [0.1, 0.15) is 30.4 Å². The van der Waals surface area contributed by atoms with Gasteiger partial charge in [-0.3, -0.25) is 0 Å². The summed E-state index contributed by atoms with van der Waals surface area (Å²) < 4.78 is 43.2. The lowest BCUT2D eigenvalue weighted by atomic mass is 9.85. The lowest BCUT2D eigenvalue weighted by Crippen LogP contribution is -2.46. The van der Waals surface area contributed by atoms with Gasteiger partial charge in [-0.2, -0.15) is 13.2 Å². The Morgan fingerprint density at radius 2 is 2.04 bits per heavy atom. The van der Waals surface area contributed by atoms with E-state index < -0.39 is 17.3 Å². The number of carbonyl (C=O) groups excluding carboxylic acids is 1. The maximum Gasteiger partial charge on any atom is 0.416 e. The molecular weight excluding hydrogens is 325 g/mol. The molecule has 2 heterocycles. The topological polar surface area (TPSA) is 51.1 Å². The fraction of sp³-hybridized carbons (Fsp3) is 0.500. The molecule has 1 spiro atoms. The van der Waals surface area contributed by atoms with Gasteiger partial charge in [-0.05, 0) is 12.1 Å². The second-order valence-electron chi connectivity index (χ2n) is 6.02. The van der Waals surface area contributed by atoms with Crippen molar-refractivity contribution in [2.75, 3.05) is 20.2 Å². The molecule has 3 rings (SSSR count). The van der Waals surface area contributed by atoms with Crippen LogP contribution < -0.4 is 0 Å². The zero-order chi connectivity index (χ0) is 17.4. The van der Waals surface area contributed by atoms with Crippen molar-refractivity contribution >= 4 is 11.8 Å². The minimum atomic E-state index is -4.39. The van der Waals surface area contributed by atoms with E-state index in [2.05, 4.69) is 9.89 Å². The molecule has 2 aliphatic heterocycles. The average molecular weight is 342 g/mol. The van der Waals surface area contributed by atoms with Gasteiger partial charge in [0, 0.05) is 37.9 Å². The Morgan fingerprint density at radius 1 is 1.33 bits per heavy atom. The summed E-state index contributed by atoms with van der Waals surface area (Å²) in [5.41, 5.74) is -0.331. The number of alkyl halides is 3. The molecule has 2 aliphatic rings. The molecule has 1 aromatic rings. The van der Waals surface area contributed by atoms with E-state index in [1.165, 1.54) is 13.2 Å². The molecule has 0 aliphatic carbocycles. The van der Waals surface area contributed by atoms with Crippen molar-refractivity contribution in [3.8, 4) is 0 Å². The van der Waals surface area contributed by atoms with Crippen LogP contribution in [-0.4, -0.2) is 42.5 Å². The zero-order valence-electron chi connectivity index (χ0n) is 13.1. The molecule has 0 N–H and O–H groups in total. The van der Waals surface area contributed by atoms with E-state index in [0.29, 0.717) is 43.6 Å². The summed E-state index contributed by atoms with van der Waals surface area (Å²) in [6, 6.07) is 5.08. The molecule has 0 bridgehead atoms. The molecule has 1 aromatic carbocycles. The molecule has 0 unspecified atom stereocenters. The molecule has 24 heavy (non-hydrogen) atoms. The van der Waals surface area contributed by atoms with Crippen LogP contribution in [-0.2, 0) is 15.8 Å². The molecule has 0 saturated carbocycles. The van der Waals surface area contributed by atoms with Gasteiger partial charge in [0.1, 0.15) is 5.60 Å². The number of halogens is 3. The Morgan fingerprint density at radius 3 is 2.67 bits per heavy atom. The Kier molecular flexibility index (Phi) is 4.15. The van der Waals surface area contributed by atoms with Gasteiger partial charge in [-0.15, -0.1) is 0 Å². The molecule has 1 amide bonds. The molecular formula is C16H17F3N2O3. The number of methoxy groups -OCH3 is 1. The van der Waals surface area contributed by atoms with Crippen molar-refractivity contribution in [2.45, 2.75) is 31.0 Å². The first-order chi connectivity index (χ1) is 11.3. The zero-order valence-corrected chi connectivity index (χ0v) is 13.1. The normalized spacial score (nSPS) is 19.8. The maximum absolute atomic E-state index is 12.8. The van der Waals surface area contributed by atoms with E-state index in [4.69, 9.17) is 4.84 Å². The Labute approximate surface area is 137 Å². The van der Waals surface area contributed by atoms with Crippen LogP contribution in [0, 0.1) is 0 Å². The Balaban J connectivity index is 1.69. The van der Waals surface area contributed by atoms with Crippen LogP contribution in [0.4, 0.5) is 18.0 Å². The van der Waals surface area contributed by atoms with Crippen LogP contribution in [0.2, 0.25) is 0 Å². The number of carbonyl (C=O) groups is 1. The summed E-state index contributed by atoms with van der Waals surface area (Å²) in [5.74, 6) is 0. The highest BCUT2D eigenvalue weighted by molar-refractivity contribution is 6.01. The summed E-state index contributed by atoms with van der Waals surface area (Å²) in [7, 11) is 1.33. The van der Waals surface area contributed by atoms with Crippen LogP contribution in [0.5, 0.6) is 0 Å². The van der Waals surface area contributed by atoms with Crippen molar-refractivity contribution in [3.05, 3.63) is 35.4 Å². The van der Waals surface area contributed by atoms with E-state index >= 15 is 0 Å². The number of amides is 1. The van der Waals surface area contributed by atoms with E-state index in [1.54, 1.807) is 11.0 Å². The number of ether oxygens (including phenoxy) is 1. The number of hydrogen-bond acceptors (Lipinski definition) is 4. The van der Waals surface area contributed by atoms with Crippen molar-refractivity contribution in [1.29, 1.82) is 0 Å². The summed E-state index contributed by atoms with van der Waals surface area (Å²) in [4.78, 5) is 18.7. The third-order valence-corrected chi connectivity index (χ3v) is 4.47. The van der Waals surface area contributed by atoms with E-state index in [9.17, 15) is 18.0 Å². The van der Waals surface area contributed by atoms with Crippen molar-refractivity contribution < 1.29 is 27.5 Å². The molecule has 0 aromatic heterocycles. The molecule has 1 fully saturated rings. The highest BCUT2D eigenvalue weighted by Gasteiger charge is 2.43. The minimum absolute atomic E-state index is 0.387. The largest absolute Gasteiger partial charge is 0.453 e. The van der Waals surface area contributed by atoms with Crippen LogP contribution in [0.25, 0.3) is 0 Å². The predicted octanol–water partition coefficient (Wildman–Crippen LogP) is 3.43. The van der Waals surface area contributed by atoms with Gasteiger partial charge in [0.15, 0.2) is 0 Å². The van der Waals surface area contributed by atoms with Crippen molar-refractivity contribution in [2.24, 2.45) is 5.16 Å². The Bertz CT molecular complexity index is 665. The van der Waals surface area contributed by atoms with Crippen LogP contribution in [0.15, 0.2) is 29.4 Å². The summed E-state index contributed by atoms with van der Waals surface area (Å²) in [6.07, 6.45) is -3.22. The van der Waals surface area contributed by atoms with Gasteiger partial charge in [-0.25, -0.2) is 4.79 Å². The van der Waals surface area contributed by atoms with E-state index in [-0.39, 0.29) is 6.09 Å². The number of hydrogen-bond donors (Lipinski definition) is 0. The van der Waals surface area contributed by atoms with E-state index in [1.807, 2.05) is 0 Å². The second-order valence-corrected chi connectivity index (χ2v) is 6.02. The van der Waals surface area contributed by atoms with Crippen molar-refractivity contribution in [1.82, 2.24) is 4.90 Å². The monoisotopic (exact) mass is 342 g/mol. The molecule has 5 nitrogen and oxygen atoms in total. The number of nitrogens with zero attached hydrogens (tertiary/aromatic N) is 2. The predicted molar refractivity (Wildman–Crippen MR) is 79.6 cm³/mol. The highest BCUT2D eigenvalue weighted by Crippen LogP contribution is 2.37. The fourth-order valence-corrected chi connectivity index (χ4v) is 3.05. The number of benzene rings is 1. The van der Waals surface area contributed by atoms with Gasteiger partial charge >= 0.3 is 12.3 Å². The SMILES string of the molecule is COC(=O)N1CCC2(CC1)CC(c1cccc(C(F)(F)F)c1)=NO2. The van der Waals surface area contributed by atoms with Gasteiger partial charge in [0.25, 0.3) is 0 Å². The maximum atomic E-state index is 12.8. The van der Waals surface area contributed by atoms with Gasteiger partial charge < -0.3 is 14.5 Å². The van der Waals surface area contributed by atoms with Gasteiger partial charge in [-0.1, -0.05) is 17.3 Å². The quantitative estimate of drug-likeness (QED) is 0.786. The van der Waals surface area contributed by atoms with Crippen LogP contribution in [0.3, 0.4) is 0 Å². The fourth-order valence-electron chi connectivity index (χ4n) is 3.05. The Hall–Kier alpha value is -2.25.